The molecular formula is C9H7BrF3NO2. The summed E-state index contributed by atoms with van der Waals surface area (Å²) in [6.07, 6.45) is -2.59. The van der Waals surface area contributed by atoms with Crippen molar-refractivity contribution in [2.75, 3.05) is 7.11 Å². The van der Waals surface area contributed by atoms with E-state index >= 15 is 0 Å². The van der Waals surface area contributed by atoms with Crippen molar-refractivity contribution >= 4 is 21.9 Å². The molecule has 0 saturated heterocycles. The number of hydrogen-bond donors (Lipinski definition) is 0. The molecule has 0 fully saturated rings. The molecule has 0 aliphatic carbocycles. The highest BCUT2D eigenvalue weighted by Gasteiger charge is 2.22. The van der Waals surface area contributed by atoms with Crippen molar-refractivity contribution in [1.82, 2.24) is 4.98 Å². The third-order valence-corrected chi connectivity index (χ3v) is 2.41. The number of hydrogen-bond acceptors (Lipinski definition) is 3. The van der Waals surface area contributed by atoms with Crippen LogP contribution in [0.2, 0.25) is 0 Å². The summed E-state index contributed by atoms with van der Waals surface area (Å²) < 4.78 is 42.7. The van der Waals surface area contributed by atoms with Gasteiger partial charge in [0.15, 0.2) is 0 Å². The van der Waals surface area contributed by atoms with Crippen molar-refractivity contribution in [3.8, 4) is 0 Å². The molecule has 3 nitrogen and oxygen atoms in total. The zero-order chi connectivity index (χ0) is 12.3. The molecule has 0 atom stereocenters. The van der Waals surface area contributed by atoms with Crippen LogP contribution in [0.5, 0.6) is 0 Å². The number of carbonyl (C=O) groups is 1. The Labute approximate surface area is 97.8 Å². The van der Waals surface area contributed by atoms with Crippen molar-refractivity contribution in [2.24, 2.45) is 0 Å². The van der Waals surface area contributed by atoms with Crippen molar-refractivity contribution < 1.29 is 22.7 Å². The highest BCUT2D eigenvalue weighted by atomic mass is 79.9. The third-order valence-electron chi connectivity index (χ3n) is 1.86. The normalized spacial score (nSPS) is 10.6. The van der Waals surface area contributed by atoms with Crippen molar-refractivity contribution in [3.63, 3.8) is 0 Å². The maximum Gasteiger partial charge on any atom is 0.310 e. The summed E-state index contributed by atoms with van der Waals surface area (Å²) in [7, 11) is 1.09. The fourth-order valence-electron chi connectivity index (χ4n) is 1.09. The summed E-state index contributed by atoms with van der Waals surface area (Å²) in [5.74, 6) is -1.73. The molecular weight excluding hydrogens is 291 g/mol. The van der Waals surface area contributed by atoms with Crippen LogP contribution in [0, 0.1) is 5.82 Å². The van der Waals surface area contributed by atoms with E-state index in [1.807, 2.05) is 0 Å². The number of esters is 1. The second kappa shape index (κ2) is 5.29. The summed E-state index contributed by atoms with van der Waals surface area (Å²) >= 11 is 2.81. The lowest BCUT2D eigenvalue weighted by Crippen LogP contribution is -2.11. The minimum absolute atomic E-state index is 0.0733. The standard InChI is InChI=1S/C9H7BrF3NO2/c1-16-6(15)2-4-7(11)5(10)3-14-8(4)9(12)13/h3,9H,2H2,1H3. The van der Waals surface area contributed by atoms with Crippen LogP contribution >= 0.6 is 15.9 Å². The number of alkyl halides is 2. The number of ether oxygens (including phenoxy) is 1. The Kier molecular flexibility index (Phi) is 4.28. The number of aromatic nitrogens is 1. The molecule has 0 unspecified atom stereocenters. The molecule has 16 heavy (non-hydrogen) atoms. The molecule has 1 heterocycles. The smallest absolute Gasteiger partial charge is 0.310 e. The third kappa shape index (κ3) is 2.72. The molecule has 0 aromatic carbocycles. The number of rotatable bonds is 3. The molecule has 7 heteroatoms. The summed E-state index contributed by atoms with van der Waals surface area (Å²) in [6, 6.07) is 0. The molecule has 0 spiro atoms. The Morgan fingerprint density at radius 3 is 2.75 bits per heavy atom. The first-order valence-corrected chi connectivity index (χ1v) is 4.94. The fraction of sp³-hybridized carbons (Fsp3) is 0.333. The van der Waals surface area contributed by atoms with Crippen molar-refractivity contribution in [1.29, 1.82) is 0 Å². The lowest BCUT2D eigenvalue weighted by Gasteiger charge is -2.09. The molecule has 0 N–H and O–H groups in total. The molecule has 1 rings (SSSR count). The van der Waals surface area contributed by atoms with Crippen LogP contribution in [-0.4, -0.2) is 18.1 Å². The number of halogens is 4. The second-order valence-corrected chi connectivity index (χ2v) is 3.69. The van der Waals surface area contributed by atoms with Gasteiger partial charge in [0.25, 0.3) is 6.43 Å². The highest BCUT2D eigenvalue weighted by Crippen LogP contribution is 2.27. The van der Waals surface area contributed by atoms with E-state index in [2.05, 4.69) is 25.7 Å². The van der Waals surface area contributed by atoms with Crippen LogP contribution in [0.25, 0.3) is 0 Å². The van der Waals surface area contributed by atoms with E-state index in [0.29, 0.717) is 0 Å². The highest BCUT2D eigenvalue weighted by molar-refractivity contribution is 9.10. The largest absolute Gasteiger partial charge is 0.469 e. The number of carbonyl (C=O) groups excluding carboxylic acids is 1. The lowest BCUT2D eigenvalue weighted by atomic mass is 10.1. The van der Waals surface area contributed by atoms with Crippen LogP contribution in [0.3, 0.4) is 0 Å². The fourth-order valence-corrected chi connectivity index (χ4v) is 1.43. The van der Waals surface area contributed by atoms with Crippen LogP contribution in [0.15, 0.2) is 10.7 Å². The van der Waals surface area contributed by atoms with Crippen LogP contribution in [-0.2, 0) is 16.0 Å². The molecule has 1 aromatic rings. The van der Waals surface area contributed by atoms with Gasteiger partial charge in [-0.25, -0.2) is 13.2 Å². The van der Waals surface area contributed by atoms with E-state index in [1.54, 1.807) is 0 Å². The first kappa shape index (κ1) is 13.0. The van der Waals surface area contributed by atoms with Gasteiger partial charge in [0.1, 0.15) is 11.5 Å². The minimum Gasteiger partial charge on any atom is -0.469 e. The average Bonchev–Trinajstić information content (AvgIpc) is 2.24. The summed E-state index contributed by atoms with van der Waals surface area (Å²) in [5, 5.41) is 0. The predicted octanol–water partition coefficient (Wildman–Crippen LogP) is 2.64. The first-order chi connectivity index (χ1) is 7.47. The molecule has 0 aliphatic rings. The van der Waals surface area contributed by atoms with Gasteiger partial charge in [-0.3, -0.25) is 9.78 Å². The van der Waals surface area contributed by atoms with E-state index in [4.69, 9.17) is 0 Å². The Morgan fingerprint density at radius 2 is 2.25 bits per heavy atom. The monoisotopic (exact) mass is 297 g/mol. The van der Waals surface area contributed by atoms with Gasteiger partial charge < -0.3 is 4.74 Å². The Balaban J connectivity index is 3.20. The Bertz CT molecular complexity index is 412. The topological polar surface area (TPSA) is 39.2 Å². The minimum atomic E-state index is -2.94. The van der Waals surface area contributed by atoms with Crippen LogP contribution in [0.1, 0.15) is 17.7 Å². The quantitative estimate of drug-likeness (QED) is 0.805. The molecule has 1 aromatic heterocycles. The molecule has 0 saturated carbocycles. The van der Waals surface area contributed by atoms with Gasteiger partial charge in [0.05, 0.1) is 18.0 Å². The number of nitrogens with zero attached hydrogens (tertiary/aromatic N) is 1. The maximum absolute atomic E-state index is 13.5. The Hall–Kier alpha value is -1.11. The molecule has 0 aliphatic heterocycles. The van der Waals surface area contributed by atoms with Crippen LogP contribution in [0.4, 0.5) is 13.2 Å². The van der Waals surface area contributed by atoms with E-state index in [0.717, 1.165) is 13.3 Å². The summed E-state index contributed by atoms with van der Waals surface area (Å²) in [5.41, 5.74) is -1.19. The van der Waals surface area contributed by atoms with Crippen molar-refractivity contribution in [3.05, 3.63) is 27.7 Å². The van der Waals surface area contributed by atoms with Gasteiger partial charge in [-0.15, -0.1) is 0 Å². The number of methoxy groups -OCH3 is 1. The zero-order valence-electron chi connectivity index (χ0n) is 8.14. The Morgan fingerprint density at radius 1 is 1.62 bits per heavy atom. The van der Waals surface area contributed by atoms with Gasteiger partial charge in [-0.05, 0) is 15.9 Å². The first-order valence-electron chi connectivity index (χ1n) is 4.15. The predicted molar refractivity (Wildman–Crippen MR) is 52.6 cm³/mol. The van der Waals surface area contributed by atoms with E-state index in [-0.39, 0.29) is 4.47 Å². The molecule has 0 bridgehead atoms. The van der Waals surface area contributed by atoms with Gasteiger partial charge in [0.2, 0.25) is 0 Å². The van der Waals surface area contributed by atoms with Gasteiger partial charge in [-0.1, -0.05) is 0 Å². The average molecular weight is 298 g/mol. The van der Waals surface area contributed by atoms with Crippen LogP contribution < -0.4 is 0 Å². The van der Waals surface area contributed by atoms with Gasteiger partial charge in [0, 0.05) is 11.8 Å². The zero-order valence-corrected chi connectivity index (χ0v) is 9.72. The van der Waals surface area contributed by atoms with Gasteiger partial charge in [-0.2, -0.15) is 0 Å². The summed E-state index contributed by atoms with van der Waals surface area (Å²) in [6.45, 7) is 0. The van der Waals surface area contributed by atoms with E-state index in [9.17, 15) is 18.0 Å². The molecule has 0 amide bonds. The van der Waals surface area contributed by atoms with Gasteiger partial charge >= 0.3 is 5.97 Å². The maximum atomic E-state index is 13.5. The SMILES string of the molecule is COC(=O)Cc1c(C(F)F)ncc(Br)c1F. The van der Waals surface area contributed by atoms with Crippen molar-refractivity contribution in [2.45, 2.75) is 12.8 Å². The molecule has 88 valence electrons. The second-order valence-electron chi connectivity index (χ2n) is 2.84. The van der Waals surface area contributed by atoms with E-state index in [1.165, 1.54) is 0 Å². The number of pyridine rings is 1. The summed E-state index contributed by atoms with van der Waals surface area (Å²) in [4.78, 5) is 14.3. The molecule has 0 radical (unpaired) electrons. The lowest BCUT2D eigenvalue weighted by molar-refractivity contribution is -0.139. The van der Waals surface area contributed by atoms with E-state index < -0.39 is 35.9 Å².